The molecule has 0 aliphatic heterocycles. The minimum absolute atomic E-state index is 0.0909. The standard InChI is InChI=1S/C13H21NO5S/c1-2-7-20(18,19)12-5-3-11(4-6-12)14-13(8-15,9-16)10-17/h3-6,14-17H,2,7-10H2,1H3. The molecule has 0 spiro atoms. The number of sulfone groups is 1. The Kier molecular flexibility index (Phi) is 5.94. The molecule has 114 valence electrons. The molecule has 4 N–H and O–H groups in total. The van der Waals surface area contributed by atoms with E-state index in [4.69, 9.17) is 0 Å². The molecule has 0 fully saturated rings. The molecule has 6 nitrogen and oxygen atoms in total. The summed E-state index contributed by atoms with van der Waals surface area (Å²) < 4.78 is 23.7. The first-order chi connectivity index (χ1) is 9.43. The Bertz CT molecular complexity index is 500. The lowest BCUT2D eigenvalue weighted by atomic mass is 10.0. The Labute approximate surface area is 119 Å². The predicted octanol–water partition coefficient (Wildman–Crippen LogP) is -0.00210. The van der Waals surface area contributed by atoms with Crippen molar-refractivity contribution in [2.45, 2.75) is 23.8 Å². The highest BCUT2D eigenvalue weighted by molar-refractivity contribution is 7.91. The van der Waals surface area contributed by atoms with E-state index in [-0.39, 0.29) is 10.6 Å². The molecule has 0 amide bonds. The van der Waals surface area contributed by atoms with Crippen molar-refractivity contribution in [1.29, 1.82) is 0 Å². The average molecular weight is 303 g/mol. The zero-order valence-corrected chi connectivity index (χ0v) is 12.2. The maximum atomic E-state index is 11.9. The fraction of sp³-hybridized carbons (Fsp3) is 0.538. The van der Waals surface area contributed by atoms with Crippen LogP contribution in [0.3, 0.4) is 0 Å². The van der Waals surface area contributed by atoms with Gasteiger partial charge in [-0.3, -0.25) is 0 Å². The lowest BCUT2D eigenvalue weighted by molar-refractivity contribution is 0.0833. The largest absolute Gasteiger partial charge is 0.394 e. The zero-order chi connectivity index (χ0) is 15.2. The first kappa shape index (κ1) is 16.9. The molecule has 0 saturated carbocycles. The molecular weight excluding hydrogens is 282 g/mol. The summed E-state index contributed by atoms with van der Waals surface area (Å²) in [6.45, 7) is 0.452. The second-order valence-electron chi connectivity index (χ2n) is 4.72. The van der Waals surface area contributed by atoms with E-state index in [1.54, 1.807) is 6.92 Å². The van der Waals surface area contributed by atoms with Gasteiger partial charge in [-0.2, -0.15) is 0 Å². The van der Waals surface area contributed by atoms with Gasteiger partial charge in [-0.05, 0) is 30.7 Å². The van der Waals surface area contributed by atoms with Gasteiger partial charge in [0.15, 0.2) is 9.84 Å². The van der Waals surface area contributed by atoms with Crippen LogP contribution in [0, 0.1) is 0 Å². The quantitative estimate of drug-likeness (QED) is 0.538. The SMILES string of the molecule is CCCS(=O)(=O)c1ccc(NC(CO)(CO)CO)cc1. The smallest absolute Gasteiger partial charge is 0.178 e. The van der Waals surface area contributed by atoms with E-state index in [1.165, 1.54) is 24.3 Å². The minimum atomic E-state index is -3.26. The topological polar surface area (TPSA) is 107 Å². The van der Waals surface area contributed by atoms with E-state index in [9.17, 15) is 23.7 Å². The van der Waals surface area contributed by atoms with Gasteiger partial charge in [-0.1, -0.05) is 6.92 Å². The van der Waals surface area contributed by atoms with Crippen molar-refractivity contribution < 1.29 is 23.7 Å². The molecule has 0 aliphatic carbocycles. The normalized spacial score (nSPS) is 12.4. The third-order valence-corrected chi connectivity index (χ3v) is 4.94. The van der Waals surface area contributed by atoms with E-state index >= 15 is 0 Å². The summed E-state index contributed by atoms with van der Waals surface area (Å²) in [6, 6.07) is 6.00. The number of hydrogen-bond acceptors (Lipinski definition) is 6. The van der Waals surface area contributed by atoms with Gasteiger partial charge in [-0.15, -0.1) is 0 Å². The lowest BCUT2D eigenvalue weighted by Crippen LogP contribution is -2.49. The van der Waals surface area contributed by atoms with Gasteiger partial charge in [0.25, 0.3) is 0 Å². The Morgan fingerprint density at radius 1 is 1.05 bits per heavy atom. The second kappa shape index (κ2) is 7.03. The van der Waals surface area contributed by atoms with Crippen molar-refractivity contribution in [3.05, 3.63) is 24.3 Å². The summed E-state index contributed by atoms with van der Waals surface area (Å²) >= 11 is 0. The highest BCUT2D eigenvalue weighted by Gasteiger charge is 2.27. The number of aliphatic hydroxyl groups is 3. The fourth-order valence-corrected chi connectivity index (χ4v) is 3.03. The molecule has 0 aliphatic rings. The summed E-state index contributed by atoms with van der Waals surface area (Å²) in [5.74, 6) is 0.0909. The fourth-order valence-electron chi connectivity index (χ4n) is 1.71. The van der Waals surface area contributed by atoms with Crippen LogP contribution in [-0.4, -0.2) is 54.8 Å². The molecule has 7 heteroatoms. The van der Waals surface area contributed by atoms with E-state index in [0.717, 1.165) is 0 Å². The van der Waals surface area contributed by atoms with Crippen LogP contribution in [-0.2, 0) is 9.84 Å². The molecule has 1 aromatic carbocycles. The summed E-state index contributed by atoms with van der Waals surface area (Å²) in [5, 5.41) is 30.4. The third-order valence-electron chi connectivity index (χ3n) is 3.00. The van der Waals surface area contributed by atoms with Crippen molar-refractivity contribution in [2.24, 2.45) is 0 Å². The predicted molar refractivity (Wildman–Crippen MR) is 76.4 cm³/mol. The molecule has 0 atom stereocenters. The third kappa shape index (κ3) is 3.92. The van der Waals surface area contributed by atoms with Crippen LogP contribution in [0.1, 0.15) is 13.3 Å². The van der Waals surface area contributed by atoms with E-state index < -0.39 is 35.2 Å². The molecule has 20 heavy (non-hydrogen) atoms. The average Bonchev–Trinajstić information content (AvgIpc) is 2.45. The Balaban J connectivity index is 2.92. The van der Waals surface area contributed by atoms with Gasteiger partial charge in [-0.25, -0.2) is 8.42 Å². The summed E-state index contributed by atoms with van der Waals surface area (Å²) in [5.41, 5.74) is -0.721. The molecule has 0 saturated heterocycles. The Morgan fingerprint density at radius 2 is 1.55 bits per heavy atom. The second-order valence-corrected chi connectivity index (χ2v) is 6.83. The van der Waals surface area contributed by atoms with Crippen molar-refractivity contribution in [2.75, 3.05) is 30.9 Å². The van der Waals surface area contributed by atoms with E-state index in [1.807, 2.05) is 0 Å². The maximum Gasteiger partial charge on any atom is 0.178 e. The highest BCUT2D eigenvalue weighted by atomic mass is 32.2. The first-order valence-corrected chi connectivity index (χ1v) is 8.02. The van der Waals surface area contributed by atoms with Crippen molar-refractivity contribution >= 4 is 15.5 Å². The number of rotatable bonds is 8. The first-order valence-electron chi connectivity index (χ1n) is 6.36. The molecule has 0 heterocycles. The minimum Gasteiger partial charge on any atom is -0.394 e. The van der Waals surface area contributed by atoms with Crippen molar-refractivity contribution in [3.63, 3.8) is 0 Å². The molecule has 1 aromatic rings. The molecule has 0 unspecified atom stereocenters. The van der Waals surface area contributed by atoms with Crippen LogP contribution in [0.4, 0.5) is 5.69 Å². The summed E-state index contributed by atoms with van der Waals surface area (Å²) in [7, 11) is -3.26. The van der Waals surface area contributed by atoms with Crippen molar-refractivity contribution in [3.8, 4) is 0 Å². The van der Waals surface area contributed by atoms with Gasteiger partial charge in [0.05, 0.1) is 30.5 Å². The maximum absolute atomic E-state index is 11.9. The van der Waals surface area contributed by atoms with Crippen LogP contribution in [0.5, 0.6) is 0 Å². The molecular formula is C13H21NO5S. The van der Waals surface area contributed by atoms with E-state index in [2.05, 4.69) is 5.32 Å². The number of anilines is 1. The number of aliphatic hydroxyl groups excluding tert-OH is 3. The Morgan fingerprint density at radius 3 is 1.95 bits per heavy atom. The van der Waals surface area contributed by atoms with Gasteiger partial charge in [0, 0.05) is 5.69 Å². The molecule has 1 rings (SSSR count). The number of hydrogen-bond donors (Lipinski definition) is 4. The molecule has 0 radical (unpaired) electrons. The molecule has 0 bridgehead atoms. The number of nitrogens with one attached hydrogen (secondary N) is 1. The highest BCUT2D eigenvalue weighted by Crippen LogP contribution is 2.19. The van der Waals surface area contributed by atoms with Gasteiger partial charge in [0.1, 0.15) is 5.54 Å². The van der Waals surface area contributed by atoms with Crippen LogP contribution in [0.15, 0.2) is 29.2 Å². The van der Waals surface area contributed by atoms with Gasteiger partial charge >= 0.3 is 0 Å². The summed E-state index contributed by atoms with van der Waals surface area (Å²) in [6.07, 6.45) is 0.547. The van der Waals surface area contributed by atoms with Crippen LogP contribution in [0.25, 0.3) is 0 Å². The monoisotopic (exact) mass is 303 g/mol. The van der Waals surface area contributed by atoms with E-state index in [0.29, 0.717) is 12.1 Å². The molecule has 0 aromatic heterocycles. The van der Waals surface area contributed by atoms with Crippen LogP contribution < -0.4 is 5.32 Å². The summed E-state index contributed by atoms with van der Waals surface area (Å²) in [4.78, 5) is 0.229. The van der Waals surface area contributed by atoms with Gasteiger partial charge < -0.3 is 20.6 Å². The Hall–Kier alpha value is -1.15. The van der Waals surface area contributed by atoms with Crippen LogP contribution >= 0.6 is 0 Å². The van der Waals surface area contributed by atoms with Crippen LogP contribution in [0.2, 0.25) is 0 Å². The zero-order valence-electron chi connectivity index (χ0n) is 11.4. The van der Waals surface area contributed by atoms with Crippen molar-refractivity contribution in [1.82, 2.24) is 0 Å². The lowest BCUT2D eigenvalue weighted by Gasteiger charge is -2.29. The number of benzene rings is 1. The van der Waals surface area contributed by atoms with Gasteiger partial charge in [0.2, 0.25) is 0 Å².